The van der Waals surface area contributed by atoms with Crippen LogP contribution in [0.2, 0.25) is 0 Å². The number of hydrogen-bond donors (Lipinski definition) is 1. The van der Waals surface area contributed by atoms with Crippen LogP contribution in [0.1, 0.15) is 18.1 Å². The first kappa shape index (κ1) is 11.7. The summed E-state index contributed by atoms with van der Waals surface area (Å²) in [6, 6.07) is 7.67. The minimum Gasteiger partial charge on any atom is -0.497 e. The topological polar surface area (TPSA) is 38.7 Å². The average Bonchev–Trinajstić information content (AvgIpc) is 2.33. The minimum atomic E-state index is -0.498. The van der Waals surface area contributed by atoms with Gasteiger partial charge in [0.15, 0.2) is 0 Å². The van der Waals surface area contributed by atoms with Crippen LogP contribution in [0.4, 0.5) is 0 Å². The molecule has 88 valence electrons. The van der Waals surface area contributed by atoms with Crippen molar-refractivity contribution in [1.82, 2.24) is 0 Å². The monoisotopic (exact) mass is 242 g/mol. The normalized spacial score (nSPS) is 30.1. The minimum absolute atomic E-state index is 0.0732. The fourth-order valence-electron chi connectivity index (χ4n) is 1.81. The van der Waals surface area contributed by atoms with Gasteiger partial charge in [-0.1, -0.05) is 12.1 Å². The number of aliphatic hydroxyl groups is 1. The molecule has 3 nitrogen and oxygen atoms in total. The molecule has 1 saturated heterocycles. The Morgan fingerprint density at radius 2 is 2.06 bits per heavy atom. The van der Waals surface area contributed by atoms with Gasteiger partial charge >= 0.3 is 0 Å². The molecule has 1 N–H and O–H groups in total. The molecule has 0 bridgehead atoms. The summed E-state index contributed by atoms with van der Waals surface area (Å²) in [5.74, 6) is 0.815. The van der Waals surface area contributed by atoms with Crippen molar-refractivity contribution in [1.29, 1.82) is 0 Å². The highest BCUT2D eigenvalue weighted by Gasteiger charge is 2.29. The SMILES string of the molecule is COc1ccc([C@@H]2C[C@@H](O)[C@H](Cl)CO2)cc1. The van der Waals surface area contributed by atoms with Gasteiger partial charge in [0, 0.05) is 6.42 Å². The fourth-order valence-corrected chi connectivity index (χ4v) is 1.98. The van der Waals surface area contributed by atoms with Crippen LogP contribution in [0.15, 0.2) is 24.3 Å². The van der Waals surface area contributed by atoms with Crippen molar-refractivity contribution in [2.75, 3.05) is 13.7 Å². The van der Waals surface area contributed by atoms with E-state index in [9.17, 15) is 5.11 Å². The molecule has 0 radical (unpaired) electrons. The van der Waals surface area contributed by atoms with Gasteiger partial charge in [0.2, 0.25) is 0 Å². The smallest absolute Gasteiger partial charge is 0.118 e. The maximum Gasteiger partial charge on any atom is 0.118 e. The van der Waals surface area contributed by atoms with Crippen LogP contribution in [-0.4, -0.2) is 30.3 Å². The number of alkyl halides is 1. The quantitative estimate of drug-likeness (QED) is 0.808. The van der Waals surface area contributed by atoms with Gasteiger partial charge in [0.1, 0.15) is 5.75 Å². The Balaban J connectivity index is 2.06. The summed E-state index contributed by atoms with van der Waals surface area (Å²) in [5, 5.41) is 9.38. The number of methoxy groups -OCH3 is 1. The zero-order valence-electron chi connectivity index (χ0n) is 9.10. The van der Waals surface area contributed by atoms with E-state index in [1.807, 2.05) is 24.3 Å². The third-order valence-electron chi connectivity index (χ3n) is 2.82. The zero-order valence-corrected chi connectivity index (χ0v) is 9.85. The third-order valence-corrected chi connectivity index (χ3v) is 3.23. The van der Waals surface area contributed by atoms with E-state index in [0.717, 1.165) is 11.3 Å². The lowest BCUT2D eigenvalue weighted by molar-refractivity contribution is -0.0414. The molecule has 1 aromatic rings. The molecule has 1 aromatic carbocycles. The number of aliphatic hydroxyl groups excluding tert-OH is 1. The number of halogens is 1. The second kappa shape index (κ2) is 5.04. The molecule has 0 saturated carbocycles. The Morgan fingerprint density at radius 1 is 1.38 bits per heavy atom. The molecule has 2 rings (SSSR count). The predicted octanol–water partition coefficient (Wildman–Crippen LogP) is 2.12. The molecule has 16 heavy (non-hydrogen) atoms. The third kappa shape index (κ3) is 2.48. The Kier molecular flexibility index (Phi) is 3.69. The molecular weight excluding hydrogens is 228 g/mol. The Bertz CT molecular complexity index is 339. The molecular formula is C12H15ClO3. The van der Waals surface area contributed by atoms with Crippen molar-refractivity contribution in [3.63, 3.8) is 0 Å². The Morgan fingerprint density at radius 3 is 2.62 bits per heavy atom. The van der Waals surface area contributed by atoms with Crippen molar-refractivity contribution in [2.24, 2.45) is 0 Å². The summed E-state index contributed by atoms with van der Waals surface area (Å²) in [6.07, 6.45) is -0.0287. The van der Waals surface area contributed by atoms with E-state index in [2.05, 4.69) is 0 Å². The van der Waals surface area contributed by atoms with Crippen LogP contribution in [0.3, 0.4) is 0 Å². The standard InChI is InChI=1S/C12H15ClO3/c1-15-9-4-2-8(3-5-9)12-6-11(14)10(13)7-16-12/h2-5,10-12,14H,6-7H2,1H3/t10-,11-,12+/m1/s1. The molecule has 1 heterocycles. The highest BCUT2D eigenvalue weighted by molar-refractivity contribution is 6.21. The van der Waals surface area contributed by atoms with Gasteiger partial charge in [-0.05, 0) is 17.7 Å². The predicted molar refractivity (Wildman–Crippen MR) is 62.0 cm³/mol. The second-order valence-corrected chi connectivity index (χ2v) is 4.47. The molecule has 4 heteroatoms. The lowest BCUT2D eigenvalue weighted by Gasteiger charge is -2.30. The average molecular weight is 243 g/mol. The van der Waals surface area contributed by atoms with Gasteiger partial charge in [0.05, 0.1) is 31.3 Å². The molecule has 3 atom stereocenters. The van der Waals surface area contributed by atoms with E-state index in [-0.39, 0.29) is 11.5 Å². The van der Waals surface area contributed by atoms with Crippen molar-refractivity contribution >= 4 is 11.6 Å². The van der Waals surface area contributed by atoms with Gasteiger partial charge < -0.3 is 14.6 Å². The van der Waals surface area contributed by atoms with Crippen LogP contribution in [0.5, 0.6) is 5.75 Å². The summed E-state index contributed by atoms with van der Waals surface area (Å²) < 4.78 is 10.7. The van der Waals surface area contributed by atoms with Crippen molar-refractivity contribution in [3.05, 3.63) is 29.8 Å². The lowest BCUT2D eigenvalue weighted by atomic mass is 9.99. The molecule has 0 unspecified atom stereocenters. The first-order chi connectivity index (χ1) is 7.70. The molecule has 1 aliphatic heterocycles. The molecule has 0 amide bonds. The summed E-state index contributed by atoms with van der Waals surface area (Å²) >= 11 is 5.87. The zero-order chi connectivity index (χ0) is 11.5. The molecule has 0 spiro atoms. The van der Waals surface area contributed by atoms with Crippen molar-refractivity contribution in [2.45, 2.75) is 24.0 Å². The molecule has 1 aliphatic rings. The van der Waals surface area contributed by atoms with E-state index in [1.165, 1.54) is 0 Å². The van der Waals surface area contributed by atoms with Gasteiger partial charge in [0.25, 0.3) is 0 Å². The summed E-state index contributed by atoms with van der Waals surface area (Å²) in [7, 11) is 1.63. The first-order valence-electron chi connectivity index (χ1n) is 5.28. The second-order valence-electron chi connectivity index (χ2n) is 3.91. The van der Waals surface area contributed by atoms with E-state index >= 15 is 0 Å². The van der Waals surface area contributed by atoms with Gasteiger partial charge in [-0.25, -0.2) is 0 Å². The highest BCUT2D eigenvalue weighted by atomic mass is 35.5. The summed E-state index contributed by atoms with van der Waals surface area (Å²) in [5.41, 5.74) is 1.04. The molecule has 1 fully saturated rings. The highest BCUT2D eigenvalue weighted by Crippen LogP contribution is 2.30. The molecule has 0 aromatic heterocycles. The van der Waals surface area contributed by atoms with E-state index in [4.69, 9.17) is 21.1 Å². The van der Waals surface area contributed by atoms with E-state index in [1.54, 1.807) is 7.11 Å². The van der Waals surface area contributed by atoms with Gasteiger partial charge in [-0.15, -0.1) is 11.6 Å². The Hall–Kier alpha value is -0.770. The van der Waals surface area contributed by atoms with Crippen LogP contribution in [0, 0.1) is 0 Å². The number of rotatable bonds is 2. The van der Waals surface area contributed by atoms with E-state index < -0.39 is 6.10 Å². The van der Waals surface area contributed by atoms with Gasteiger partial charge in [-0.2, -0.15) is 0 Å². The fraction of sp³-hybridized carbons (Fsp3) is 0.500. The van der Waals surface area contributed by atoms with E-state index in [0.29, 0.717) is 13.0 Å². The maximum atomic E-state index is 9.67. The van der Waals surface area contributed by atoms with Crippen molar-refractivity contribution < 1.29 is 14.6 Å². The maximum absolute atomic E-state index is 9.67. The van der Waals surface area contributed by atoms with Crippen LogP contribution in [-0.2, 0) is 4.74 Å². The summed E-state index contributed by atoms with van der Waals surface area (Å²) in [4.78, 5) is 0. The van der Waals surface area contributed by atoms with Crippen LogP contribution in [0.25, 0.3) is 0 Å². The summed E-state index contributed by atoms with van der Waals surface area (Å²) in [6.45, 7) is 0.388. The van der Waals surface area contributed by atoms with Gasteiger partial charge in [-0.3, -0.25) is 0 Å². The number of hydrogen-bond acceptors (Lipinski definition) is 3. The largest absolute Gasteiger partial charge is 0.497 e. The molecule has 0 aliphatic carbocycles. The Labute approximate surface area is 99.9 Å². The number of ether oxygens (including phenoxy) is 2. The number of benzene rings is 1. The van der Waals surface area contributed by atoms with Crippen LogP contribution < -0.4 is 4.74 Å². The van der Waals surface area contributed by atoms with Crippen molar-refractivity contribution in [3.8, 4) is 5.75 Å². The first-order valence-corrected chi connectivity index (χ1v) is 5.72. The van der Waals surface area contributed by atoms with Crippen LogP contribution >= 0.6 is 11.6 Å². The lowest BCUT2D eigenvalue weighted by Crippen LogP contribution is -2.34.